The Balaban J connectivity index is 3.32. The zero-order valence-electron chi connectivity index (χ0n) is 16.1. The van der Waals surface area contributed by atoms with E-state index < -0.39 is 53.5 Å². The van der Waals surface area contributed by atoms with Gasteiger partial charge in [-0.3, -0.25) is 4.79 Å². The number of carbonyl (C=O) groups excluding carboxylic acids is 1. The second-order valence-corrected chi connectivity index (χ2v) is 6.49. The number of nitrogens with one attached hydrogen (secondary N) is 2. The maximum absolute atomic E-state index is 12.8. The molecule has 0 aliphatic heterocycles. The van der Waals surface area contributed by atoms with Crippen LogP contribution < -0.4 is 10.6 Å². The third-order valence-electron chi connectivity index (χ3n) is 3.49. The molecular formula is C16H19F6N5O2. The van der Waals surface area contributed by atoms with Crippen LogP contribution in [0.3, 0.4) is 0 Å². The number of nitrogens with zero attached hydrogens (tertiary/aromatic N) is 3. The first-order valence-electron chi connectivity index (χ1n) is 8.10. The van der Waals surface area contributed by atoms with Crippen molar-refractivity contribution in [3.05, 3.63) is 5.82 Å². The molecule has 1 rings (SSSR count). The van der Waals surface area contributed by atoms with Crippen LogP contribution in [0, 0.1) is 17.3 Å². The minimum Gasteiger partial charge on any atom is -0.468 e. The van der Waals surface area contributed by atoms with Gasteiger partial charge in [0.05, 0.1) is 7.11 Å². The van der Waals surface area contributed by atoms with E-state index in [-0.39, 0.29) is 0 Å². The van der Waals surface area contributed by atoms with Crippen LogP contribution in [0.25, 0.3) is 0 Å². The van der Waals surface area contributed by atoms with Crippen LogP contribution in [0.15, 0.2) is 0 Å². The molecule has 0 bridgehead atoms. The summed E-state index contributed by atoms with van der Waals surface area (Å²) in [7, 11) is 1.13. The van der Waals surface area contributed by atoms with Gasteiger partial charge in [-0.2, -0.15) is 41.3 Å². The van der Waals surface area contributed by atoms with Crippen LogP contribution in [0.4, 0.5) is 38.2 Å². The van der Waals surface area contributed by atoms with Gasteiger partial charge >= 0.3 is 18.3 Å². The van der Waals surface area contributed by atoms with Crippen molar-refractivity contribution >= 4 is 17.9 Å². The predicted octanol–water partition coefficient (Wildman–Crippen LogP) is 3.15. The normalized spacial score (nSPS) is 14.3. The van der Waals surface area contributed by atoms with E-state index >= 15 is 0 Å². The summed E-state index contributed by atoms with van der Waals surface area (Å²) in [6, 6.07) is -4.18. The Morgan fingerprint density at radius 2 is 1.34 bits per heavy atom. The van der Waals surface area contributed by atoms with E-state index in [0.29, 0.717) is 0 Å². The molecular weight excluding hydrogens is 408 g/mol. The Kier molecular flexibility index (Phi) is 7.28. The number of aromatic nitrogens is 3. The first kappa shape index (κ1) is 24.3. The van der Waals surface area contributed by atoms with Crippen molar-refractivity contribution in [3.8, 4) is 11.8 Å². The Hall–Kier alpha value is -2.78. The summed E-state index contributed by atoms with van der Waals surface area (Å²) in [5.74, 6) is 2.40. The van der Waals surface area contributed by atoms with Gasteiger partial charge in [0.1, 0.15) is 17.5 Å². The van der Waals surface area contributed by atoms with E-state index in [2.05, 4.69) is 31.5 Å². The SMILES string of the molecule is COC(=O)C(C)(C)C#Cc1nc(N[C@H](C)C(F)(F)F)nc(N[C@H](C)C(F)(F)F)n1. The van der Waals surface area contributed by atoms with Crippen molar-refractivity contribution in [1.29, 1.82) is 0 Å². The van der Waals surface area contributed by atoms with Crippen molar-refractivity contribution in [3.63, 3.8) is 0 Å². The third-order valence-corrected chi connectivity index (χ3v) is 3.49. The zero-order chi connectivity index (χ0) is 22.6. The number of hydrogen-bond acceptors (Lipinski definition) is 7. The number of hydrogen-bond donors (Lipinski definition) is 2. The molecule has 1 aromatic heterocycles. The van der Waals surface area contributed by atoms with Gasteiger partial charge < -0.3 is 15.4 Å². The summed E-state index contributed by atoms with van der Waals surface area (Å²) >= 11 is 0. The molecule has 2 N–H and O–H groups in total. The summed E-state index contributed by atoms with van der Waals surface area (Å²) in [5, 5.41) is 3.88. The molecule has 0 radical (unpaired) electrons. The maximum atomic E-state index is 12.8. The topological polar surface area (TPSA) is 89.0 Å². The van der Waals surface area contributed by atoms with E-state index in [4.69, 9.17) is 0 Å². The van der Waals surface area contributed by atoms with Gasteiger partial charge in [0.15, 0.2) is 0 Å². The number of ether oxygens (including phenoxy) is 1. The second-order valence-electron chi connectivity index (χ2n) is 6.49. The molecule has 162 valence electrons. The Morgan fingerprint density at radius 1 is 0.931 bits per heavy atom. The molecule has 1 aromatic rings. The average molecular weight is 427 g/mol. The molecule has 0 fully saturated rings. The van der Waals surface area contributed by atoms with E-state index in [0.717, 1.165) is 21.0 Å². The number of anilines is 2. The fourth-order valence-corrected chi connectivity index (χ4v) is 1.63. The summed E-state index contributed by atoms with van der Waals surface area (Å²) in [6.45, 7) is 4.37. The van der Waals surface area contributed by atoms with E-state index in [9.17, 15) is 31.1 Å². The molecule has 0 aromatic carbocycles. The van der Waals surface area contributed by atoms with E-state index in [1.165, 1.54) is 13.8 Å². The average Bonchev–Trinajstić information content (AvgIpc) is 2.57. The summed E-state index contributed by atoms with van der Waals surface area (Å²) < 4.78 is 81.1. The Bertz CT molecular complexity index is 757. The molecule has 2 atom stereocenters. The van der Waals surface area contributed by atoms with Gasteiger partial charge in [-0.05, 0) is 33.6 Å². The summed E-state index contributed by atoms with van der Waals surface area (Å²) in [5.41, 5.74) is -1.32. The lowest BCUT2D eigenvalue weighted by atomic mass is 9.95. The molecule has 0 saturated carbocycles. The quantitative estimate of drug-likeness (QED) is 0.424. The molecule has 1 heterocycles. The molecule has 0 aliphatic rings. The van der Waals surface area contributed by atoms with E-state index in [1.54, 1.807) is 0 Å². The van der Waals surface area contributed by atoms with Crippen LogP contribution in [-0.2, 0) is 9.53 Å². The van der Waals surface area contributed by atoms with Crippen molar-refractivity contribution in [1.82, 2.24) is 15.0 Å². The lowest BCUT2D eigenvalue weighted by Crippen LogP contribution is -2.35. The summed E-state index contributed by atoms with van der Waals surface area (Å²) in [6.07, 6.45) is -9.31. The highest BCUT2D eigenvalue weighted by Gasteiger charge is 2.38. The van der Waals surface area contributed by atoms with E-state index in [1.807, 2.05) is 10.6 Å². The zero-order valence-corrected chi connectivity index (χ0v) is 16.1. The first-order valence-corrected chi connectivity index (χ1v) is 8.10. The number of rotatable bonds is 5. The fourth-order valence-electron chi connectivity index (χ4n) is 1.63. The van der Waals surface area contributed by atoms with Gasteiger partial charge in [-0.15, -0.1) is 0 Å². The van der Waals surface area contributed by atoms with Crippen LogP contribution in [-0.4, -0.2) is 52.5 Å². The Labute approximate surface area is 162 Å². The lowest BCUT2D eigenvalue weighted by Gasteiger charge is -2.19. The minimum atomic E-state index is -4.65. The monoisotopic (exact) mass is 427 g/mol. The highest BCUT2D eigenvalue weighted by Crippen LogP contribution is 2.24. The molecule has 0 aliphatic carbocycles. The molecule has 0 amide bonds. The van der Waals surface area contributed by atoms with Crippen molar-refractivity contribution in [2.45, 2.75) is 52.1 Å². The standard InChI is InChI=1S/C16H19F6N5O2/c1-8(15(17,18)19)23-12-25-10(6-7-14(3,4)11(28)29-5)26-13(27-12)24-9(2)16(20,21)22/h8-9H,1-5H3,(H2,23,24,25,26,27)/t8-,9-/m1/s1. The van der Waals surface area contributed by atoms with Crippen molar-refractivity contribution in [2.75, 3.05) is 17.7 Å². The van der Waals surface area contributed by atoms with Crippen LogP contribution in [0.2, 0.25) is 0 Å². The molecule has 0 unspecified atom stereocenters. The second kappa shape index (κ2) is 8.71. The smallest absolute Gasteiger partial charge is 0.408 e. The molecule has 0 spiro atoms. The molecule has 7 nitrogen and oxygen atoms in total. The van der Waals surface area contributed by atoms with Gasteiger partial charge in [0.25, 0.3) is 0 Å². The lowest BCUT2D eigenvalue weighted by molar-refractivity contribution is -0.147. The highest BCUT2D eigenvalue weighted by molar-refractivity contribution is 5.79. The van der Waals surface area contributed by atoms with Gasteiger partial charge in [0.2, 0.25) is 17.7 Å². The highest BCUT2D eigenvalue weighted by atomic mass is 19.4. The number of methoxy groups -OCH3 is 1. The van der Waals surface area contributed by atoms with Gasteiger partial charge in [-0.1, -0.05) is 5.92 Å². The molecule has 29 heavy (non-hydrogen) atoms. The molecule has 13 heteroatoms. The fraction of sp³-hybridized carbons (Fsp3) is 0.625. The summed E-state index contributed by atoms with van der Waals surface area (Å²) in [4.78, 5) is 22.5. The van der Waals surface area contributed by atoms with Crippen molar-refractivity contribution in [2.24, 2.45) is 5.41 Å². The first-order chi connectivity index (χ1) is 13.1. The van der Waals surface area contributed by atoms with Crippen LogP contribution in [0.5, 0.6) is 0 Å². The number of alkyl halides is 6. The van der Waals surface area contributed by atoms with Crippen molar-refractivity contribution < 1.29 is 35.9 Å². The minimum absolute atomic E-state index is 0.439. The number of halogens is 6. The maximum Gasteiger partial charge on any atom is 0.408 e. The van der Waals surface area contributed by atoms with Crippen LogP contribution in [0.1, 0.15) is 33.5 Å². The van der Waals surface area contributed by atoms with Gasteiger partial charge in [-0.25, -0.2) is 0 Å². The number of carbonyl (C=O) groups is 1. The molecule has 0 saturated heterocycles. The Morgan fingerprint density at radius 3 is 1.69 bits per heavy atom. The predicted molar refractivity (Wildman–Crippen MR) is 90.8 cm³/mol. The number of esters is 1. The third kappa shape index (κ3) is 7.28. The van der Waals surface area contributed by atoms with Crippen LogP contribution >= 0.6 is 0 Å². The van der Waals surface area contributed by atoms with Gasteiger partial charge in [0, 0.05) is 0 Å². The largest absolute Gasteiger partial charge is 0.468 e.